The van der Waals surface area contributed by atoms with Crippen LogP contribution in [0.15, 0.2) is 35.7 Å². The van der Waals surface area contributed by atoms with E-state index < -0.39 is 0 Å². The number of thioether (sulfide) groups is 1. The molecule has 0 spiro atoms. The summed E-state index contributed by atoms with van der Waals surface area (Å²) >= 11 is 1.31. The van der Waals surface area contributed by atoms with E-state index in [0.29, 0.717) is 22.3 Å². The molecular weight excluding hydrogens is 338 g/mol. The summed E-state index contributed by atoms with van der Waals surface area (Å²) < 4.78 is 1.75. The minimum Gasteiger partial charge on any atom is -0.349 e. The van der Waals surface area contributed by atoms with E-state index in [1.165, 1.54) is 24.6 Å². The number of benzene rings is 1. The van der Waals surface area contributed by atoms with Crippen LogP contribution in [0.5, 0.6) is 0 Å². The van der Waals surface area contributed by atoms with Gasteiger partial charge in [-0.15, -0.1) is 10.2 Å². The molecule has 0 aliphatic heterocycles. The molecule has 0 bridgehead atoms. The van der Waals surface area contributed by atoms with Crippen molar-refractivity contribution in [2.75, 3.05) is 11.1 Å². The number of carbonyl (C=O) groups is 2. The molecule has 1 aromatic heterocycles. The molecule has 1 heterocycles. The van der Waals surface area contributed by atoms with E-state index in [-0.39, 0.29) is 23.6 Å². The van der Waals surface area contributed by atoms with Gasteiger partial charge >= 0.3 is 0 Å². The molecule has 1 aromatic carbocycles. The van der Waals surface area contributed by atoms with Crippen LogP contribution in [0.1, 0.15) is 30.1 Å². The van der Waals surface area contributed by atoms with Crippen LogP contribution in [0.25, 0.3) is 0 Å². The fourth-order valence-corrected chi connectivity index (χ4v) is 3.16. The second kappa shape index (κ2) is 7.69. The van der Waals surface area contributed by atoms with E-state index in [1.54, 1.807) is 35.2 Å². The predicted molar refractivity (Wildman–Crippen MR) is 96.5 cm³/mol. The van der Waals surface area contributed by atoms with Crippen molar-refractivity contribution in [3.8, 4) is 0 Å². The molecule has 2 N–H and O–H groups in total. The Kier molecular flexibility index (Phi) is 5.37. The highest BCUT2D eigenvalue weighted by atomic mass is 32.2. The number of aromatic nitrogens is 3. The summed E-state index contributed by atoms with van der Waals surface area (Å²) in [5.74, 6) is 0.562. The molecule has 2 aromatic rings. The van der Waals surface area contributed by atoms with E-state index in [1.807, 2.05) is 14.0 Å². The first-order chi connectivity index (χ1) is 12.0. The summed E-state index contributed by atoms with van der Waals surface area (Å²) in [5.41, 5.74) is 1.15. The molecule has 0 saturated heterocycles. The molecule has 1 atom stereocenters. The van der Waals surface area contributed by atoms with Crippen LogP contribution in [-0.2, 0) is 11.8 Å². The number of rotatable bonds is 7. The highest BCUT2D eigenvalue weighted by Crippen LogP contribution is 2.32. The van der Waals surface area contributed by atoms with Crippen LogP contribution < -0.4 is 10.6 Å². The van der Waals surface area contributed by atoms with Crippen molar-refractivity contribution in [2.24, 2.45) is 13.0 Å². The van der Waals surface area contributed by atoms with Gasteiger partial charge in [0.1, 0.15) is 6.33 Å². The lowest BCUT2D eigenvalue weighted by atomic mass is 10.1. The highest BCUT2D eigenvalue weighted by molar-refractivity contribution is 7.99. The smallest absolute Gasteiger partial charge is 0.251 e. The number of carbonyl (C=O) groups excluding carboxylic acids is 2. The van der Waals surface area contributed by atoms with Gasteiger partial charge in [0.05, 0.1) is 5.75 Å². The highest BCUT2D eigenvalue weighted by Gasteiger charge is 2.29. The zero-order valence-corrected chi connectivity index (χ0v) is 15.0. The minimum absolute atomic E-state index is 0.107. The number of hydrogen-bond donors (Lipinski definition) is 2. The van der Waals surface area contributed by atoms with Gasteiger partial charge in [-0.25, -0.2) is 0 Å². The summed E-state index contributed by atoms with van der Waals surface area (Å²) in [7, 11) is 1.82. The monoisotopic (exact) mass is 359 g/mol. The third kappa shape index (κ3) is 4.82. The number of nitrogens with one attached hydrogen (secondary N) is 2. The number of hydrogen-bond acceptors (Lipinski definition) is 5. The molecule has 132 valence electrons. The molecule has 1 fully saturated rings. The van der Waals surface area contributed by atoms with Crippen LogP contribution in [-0.4, -0.2) is 38.4 Å². The number of amides is 2. The fraction of sp³-hybridized carbons (Fsp3) is 0.412. The maximum absolute atomic E-state index is 12.3. The third-order valence-electron chi connectivity index (χ3n) is 4.10. The Morgan fingerprint density at radius 2 is 2.20 bits per heavy atom. The van der Waals surface area contributed by atoms with Gasteiger partial charge in [0.15, 0.2) is 5.16 Å². The summed E-state index contributed by atoms with van der Waals surface area (Å²) in [6, 6.07) is 7.17. The lowest BCUT2D eigenvalue weighted by Gasteiger charge is -2.13. The molecule has 1 aliphatic rings. The Morgan fingerprint density at radius 1 is 1.40 bits per heavy atom. The first kappa shape index (κ1) is 17.5. The van der Waals surface area contributed by atoms with Crippen molar-refractivity contribution >= 4 is 29.3 Å². The van der Waals surface area contributed by atoms with Gasteiger partial charge in [-0.3, -0.25) is 9.59 Å². The summed E-state index contributed by atoms with van der Waals surface area (Å²) in [4.78, 5) is 24.4. The van der Waals surface area contributed by atoms with E-state index in [0.717, 1.165) is 0 Å². The van der Waals surface area contributed by atoms with E-state index in [2.05, 4.69) is 20.8 Å². The third-order valence-corrected chi connectivity index (χ3v) is 5.13. The van der Waals surface area contributed by atoms with Gasteiger partial charge in [0, 0.05) is 24.3 Å². The molecule has 1 unspecified atom stereocenters. The summed E-state index contributed by atoms with van der Waals surface area (Å²) in [6.45, 7) is 2.03. The molecule has 25 heavy (non-hydrogen) atoms. The van der Waals surface area contributed by atoms with Gasteiger partial charge < -0.3 is 15.2 Å². The topological polar surface area (TPSA) is 88.9 Å². The summed E-state index contributed by atoms with van der Waals surface area (Å²) in [5, 5.41) is 14.2. The first-order valence-electron chi connectivity index (χ1n) is 8.20. The molecule has 1 saturated carbocycles. The minimum atomic E-state index is -0.156. The maximum Gasteiger partial charge on any atom is 0.251 e. The number of aryl methyl sites for hydroxylation is 1. The molecule has 1 aliphatic carbocycles. The molecule has 0 radical (unpaired) electrons. The fourth-order valence-electron chi connectivity index (χ4n) is 2.47. The Bertz CT molecular complexity index is 772. The average molecular weight is 359 g/mol. The van der Waals surface area contributed by atoms with Crippen LogP contribution in [0.3, 0.4) is 0 Å². The first-order valence-corrected chi connectivity index (χ1v) is 9.19. The second-order valence-electron chi connectivity index (χ2n) is 6.24. The largest absolute Gasteiger partial charge is 0.349 e. The van der Waals surface area contributed by atoms with Crippen molar-refractivity contribution in [1.29, 1.82) is 0 Å². The molecule has 7 nitrogen and oxygen atoms in total. The quantitative estimate of drug-likeness (QED) is 0.739. The van der Waals surface area contributed by atoms with Gasteiger partial charge in [0.2, 0.25) is 5.91 Å². The van der Waals surface area contributed by atoms with Crippen LogP contribution >= 0.6 is 11.8 Å². The lowest BCUT2D eigenvalue weighted by molar-refractivity contribution is -0.113. The zero-order valence-electron chi connectivity index (χ0n) is 14.2. The summed E-state index contributed by atoms with van der Waals surface area (Å²) in [6.07, 6.45) is 3.95. The van der Waals surface area contributed by atoms with Crippen molar-refractivity contribution < 1.29 is 9.59 Å². The standard InChI is InChI=1S/C17H21N5O2S/c1-11(12-6-7-12)19-16(24)13-4-3-5-14(8-13)20-15(23)9-25-17-21-18-10-22(17)2/h3-5,8,10-12H,6-7,9H2,1-2H3,(H,19,24)(H,20,23). The van der Waals surface area contributed by atoms with Crippen LogP contribution in [0.4, 0.5) is 5.69 Å². The van der Waals surface area contributed by atoms with E-state index in [4.69, 9.17) is 0 Å². The Hall–Kier alpha value is -2.35. The molecule has 8 heteroatoms. The normalized spacial score (nSPS) is 14.8. The predicted octanol–water partition coefficient (Wildman–Crippen LogP) is 2.07. The van der Waals surface area contributed by atoms with Gasteiger partial charge in [-0.2, -0.15) is 0 Å². The SMILES string of the molecule is CC(NC(=O)c1cccc(NC(=O)CSc2nncn2C)c1)C1CC1. The Morgan fingerprint density at radius 3 is 2.88 bits per heavy atom. The van der Waals surface area contributed by atoms with Crippen molar-refractivity contribution in [3.63, 3.8) is 0 Å². The molecular formula is C17H21N5O2S. The average Bonchev–Trinajstić information content (AvgIpc) is 3.36. The zero-order chi connectivity index (χ0) is 17.8. The van der Waals surface area contributed by atoms with Crippen LogP contribution in [0, 0.1) is 5.92 Å². The lowest BCUT2D eigenvalue weighted by Crippen LogP contribution is -2.34. The van der Waals surface area contributed by atoms with Crippen molar-refractivity contribution in [1.82, 2.24) is 20.1 Å². The van der Waals surface area contributed by atoms with Gasteiger partial charge in [-0.1, -0.05) is 17.8 Å². The van der Waals surface area contributed by atoms with E-state index in [9.17, 15) is 9.59 Å². The molecule has 2 amide bonds. The second-order valence-corrected chi connectivity index (χ2v) is 7.18. The molecule has 3 rings (SSSR count). The Labute approximate surface area is 150 Å². The van der Waals surface area contributed by atoms with Crippen LogP contribution in [0.2, 0.25) is 0 Å². The van der Waals surface area contributed by atoms with Crippen molar-refractivity contribution in [2.45, 2.75) is 31.0 Å². The number of nitrogens with zero attached hydrogens (tertiary/aromatic N) is 3. The maximum atomic E-state index is 12.3. The number of anilines is 1. The Balaban J connectivity index is 1.54. The van der Waals surface area contributed by atoms with Gasteiger partial charge in [0.25, 0.3) is 5.91 Å². The van der Waals surface area contributed by atoms with Crippen molar-refractivity contribution in [3.05, 3.63) is 36.2 Å². The van der Waals surface area contributed by atoms with Gasteiger partial charge in [-0.05, 0) is 43.9 Å². The van der Waals surface area contributed by atoms with E-state index >= 15 is 0 Å².